The molecule has 2 aliphatic rings. The first-order chi connectivity index (χ1) is 15.2. The van der Waals surface area contributed by atoms with Crippen LogP contribution in [-0.2, 0) is 22.5 Å². The summed E-state index contributed by atoms with van der Waals surface area (Å²) in [5.74, 6) is 2.54. The molecule has 1 atom stereocenters. The lowest BCUT2D eigenvalue weighted by atomic mass is 10.1. The number of amides is 2. The van der Waals surface area contributed by atoms with E-state index in [0.29, 0.717) is 38.8 Å². The Morgan fingerprint density at radius 3 is 2.84 bits per heavy atom. The fourth-order valence-electron chi connectivity index (χ4n) is 3.77. The molecule has 1 saturated heterocycles. The first-order valence-corrected chi connectivity index (χ1v) is 12.0. The molecule has 1 aromatic heterocycles. The molecule has 2 aromatic rings. The third-order valence-corrected chi connectivity index (χ3v) is 6.05. The van der Waals surface area contributed by atoms with Crippen LogP contribution in [0.25, 0.3) is 11.4 Å². The molecule has 4 rings (SSSR count). The molecule has 2 N–H and O–H groups in total. The molecule has 0 saturated carbocycles. The molecular formula is C22H29N5O3S. The predicted molar refractivity (Wildman–Crippen MR) is 124 cm³/mol. The molecular weight excluding hydrogens is 414 g/mol. The topological polar surface area (TPSA) is 88.6 Å². The maximum absolute atomic E-state index is 12.0. The minimum Gasteiger partial charge on any atom is -0.377 e. The number of thioether (sulfide) groups is 1. The van der Waals surface area contributed by atoms with Gasteiger partial charge in [-0.15, -0.1) is 0 Å². The van der Waals surface area contributed by atoms with Crippen LogP contribution in [0.15, 0.2) is 24.3 Å². The van der Waals surface area contributed by atoms with Crippen LogP contribution in [-0.4, -0.2) is 67.0 Å². The molecule has 0 bridgehead atoms. The normalized spacial score (nSPS) is 18.4. The lowest BCUT2D eigenvalue weighted by molar-refractivity contribution is 0.0952. The van der Waals surface area contributed by atoms with Crippen molar-refractivity contribution < 1.29 is 14.3 Å². The fourth-order valence-corrected chi connectivity index (χ4v) is 4.07. The van der Waals surface area contributed by atoms with E-state index in [1.807, 2.05) is 30.5 Å². The van der Waals surface area contributed by atoms with E-state index in [1.54, 1.807) is 11.8 Å². The van der Waals surface area contributed by atoms with E-state index >= 15 is 0 Å². The smallest absolute Gasteiger partial charge is 0.319 e. The largest absolute Gasteiger partial charge is 0.377 e. The third-order valence-electron chi connectivity index (χ3n) is 5.43. The Morgan fingerprint density at radius 1 is 1.23 bits per heavy atom. The van der Waals surface area contributed by atoms with Crippen LogP contribution in [0.3, 0.4) is 0 Å². The van der Waals surface area contributed by atoms with Crippen LogP contribution in [0.2, 0.25) is 0 Å². The summed E-state index contributed by atoms with van der Waals surface area (Å²) in [5.41, 5.74) is 3.80. The monoisotopic (exact) mass is 443 g/mol. The summed E-state index contributed by atoms with van der Waals surface area (Å²) in [6.07, 6.45) is 2.80. The van der Waals surface area contributed by atoms with Gasteiger partial charge in [0.1, 0.15) is 5.82 Å². The number of carbonyl (C=O) groups excluding carboxylic acids is 1. The highest BCUT2D eigenvalue weighted by Gasteiger charge is 2.27. The van der Waals surface area contributed by atoms with Gasteiger partial charge < -0.3 is 25.0 Å². The number of hydrogen-bond donors (Lipinski definition) is 2. The second kappa shape index (κ2) is 10.3. The molecule has 1 unspecified atom stereocenters. The van der Waals surface area contributed by atoms with Crippen molar-refractivity contribution >= 4 is 29.3 Å². The number of aromatic nitrogens is 2. The van der Waals surface area contributed by atoms with Crippen molar-refractivity contribution in [3.8, 4) is 11.4 Å². The molecule has 8 nitrogen and oxygen atoms in total. The molecule has 9 heteroatoms. The number of carbonyl (C=O) groups is 1. The third kappa shape index (κ3) is 5.28. The Bertz CT molecular complexity index is 909. The zero-order valence-corrected chi connectivity index (χ0v) is 18.8. The van der Waals surface area contributed by atoms with Crippen LogP contribution in [0.4, 0.5) is 16.3 Å². The van der Waals surface area contributed by atoms with Gasteiger partial charge in [0.15, 0.2) is 5.82 Å². The maximum Gasteiger partial charge on any atom is 0.319 e. The molecule has 0 radical (unpaired) electrons. The van der Waals surface area contributed by atoms with Gasteiger partial charge in [-0.1, -0.05) is 0 Å². The summed E-state index contributed by atoms with van der Waals surface area (Å²) in [5, 5.41) is 5.70. The number of rotatable bonds is 6. The van der Waals surface area contributed by atoms with Gasteiger partial charge in [0.25, 0.3) is 0 Å². The summed E-state index contributed by atoms with van der Waals surface area (Å²) < 4.78 is 11.3. The Morgan fingerprint density at radius 2 is 2.06 bits per heavy atom. The number of urea groups is 1. The van der Waals surface area contributed by atoms with Crippen molar-refractivity contribution in [3.05, 3.63) is 35.5 Å². The molecule has 2 aliphatic heterocycles. The van der Waals surface area contributed by atoms with Crippen LogP contribution < -0.4 is 15.5 Å². The second-order valence-corrected chi connectivity index (χ2v) is 8.65. The van der Waals surface area contributed by atoms with Gasteiger partial charge in [0.05, 0.1) is 38.2 Å². The number of nitrogens with one attached hydrogen (secondary N) is 2. The van der Waals surface area contributed by atoms with Gasteiger partial charge in [-0.05, 0) is 37.4 Å². The summed E-state index contributed by atoms with van der Waals surface area (Å²) in [7, 11) is 0. The Kier molecular flexibility index (Phi) is 7.26. The summed E-state index contributed by atoms with van der Waals surface area (Å²) in [6.45, 7) is 6.20. The number of nitrogens with zero attached hydrogens (tertiary/aromatic N) is 3. The average molecular weight is 444 g/mol. The molecule has 166 valence electrons. The summed E-state index contributed by atoms with van der Waals surface area (Å²) >= 11 is 1.70. The number of morpholine rings is 1. The number of ether oxygens (including phenoxy) is 2. The zero-order valence-electron chi connectivity index (χ0n) is 18.0. The molecule has 3 heterocycles. The highest BCUT2D eigenvalue weighted by Crippen LogP contribution is 2.31. The van der Waals surface area contributed by atoms with E-state index in [4.69, 9.17) is 19.4 Å². The van der Waals surface area contributed by atoms with Crippen molar-refractivity contribution in [2.45, 2.75) is 26.0 Å². The molecule has 2 amide bonds. The van der Waals surface area contributed by atoms with Crippen molar-refractivity contribution in [2.75, 3.05) is 55.1 Å². The molecule has 1 aromatic carbocycles. The summed E-state index contributed by atoms with van der Waals surface area (Å²) in [4.78, 5) is 24.1. The quantitative estimate of drug-likeness (QED) is 0.664. The van der Waals surface area contributed by atoms with Crippen molar-refractivity contribution in [1.29, 1.82) is 0 Å². The van der Waals surface area contributed by atoms with Gasteiger partial charge in [-0.3, -0.25) is 0 Å². The highest BCUT2D eigenvalue weighted by molar-refractivity contribution is 7.98. The molecule has 31 heavy (non-hydrogen) atoms. The predicted octanol–water partition coefficient (Wildman–Crippen LogP) is 2.93. The number of anilines is 2. The van der Waals surface area contributed by atoms with E-state index in [9.17, 15) is 4.79 Å². The van der Waals surface area contributed by atoms with Gasteiger partial charge in [-0.2, -0.15) is 11.8 Å². The zero-order chi connectivity index (χ0) is 21.6. The molecule has 1 fully saturated rings. The highest BCUT2D eigenvalue weighted by atomic mass is 32.2. The van der Waals surface area contributed by atoms with E-state index in [2.05, 4.69) is 22.5 Å². The number of hydrogen-bond acceptors (Lipinski definition) is 7. The van der Waals surface area contributed by atoms with Crippen LogP contribution in [0.5, 0.6) is 0 Å². The number of benzene rings is 1. The lowest BCUT2D eigenvalue weighted by Gasteiger charge is -2.36. The van der Waals surface area contributed by atoms with Crippen molar-refractivity contribution in [1.82, 2.24) is 15.3 Å². The molecule has 0 spiro atoms. The van der Waals surface area contributed by atoms with Gasteiger partial charge >= 0.3 is 6.03 Å². The first kappa shape index (κ1) is 21.9. The van der Waals surface area contributed by atoms with Gasteiger partial charge in [0.2, 0.25) is 0 Å². The minimum atomic E-state index is -0.199. The first-order valence-electron chi connectivity index (χ1n) is 10.6. The minimum absolute atomic E-state index is 0.199. The van der Waals surface area contributed by atoms with Crippen molar-refractivity contribution in [3.63, 3.8) is 0 Å². The molecule has 0 aliphatic carbocycles. The van der Waals surface area contributed by atoms with E-state index < -0.39 is 0 Å². The lowest BCUT2D eigenvalue weighted by Crippen LogP contribution is -2.45. The van der Waals surface area contributed by atoms with Crippen molar-refractivity contribution in [2.24, 2.45) is 0 Å². The fraction of sp³-hybridized carbons (Fsp3) is 0.500. The Labute approximate surface area is 187 Å². The SMILES string of the molecule is CSCCNC(=O)Nc1ccc(-c2nc3c(c(N4CCOCC4C)n2)COCC3)cc1. The Hall–Kier alpha value is -2.36. The Balaban J connectivity index is 1.56. The summed E-state index contributed by atoms with van der Waals surface area (Å²) in [6, 6.07) is 7.71. The average Bonchev–Trinajstić information content (AvgIpc) is 2.79. The maximum atomic E-state index is 12.0. The standard InChI is InChI=1S/C22H29N5O3S/c1-15-13-30-11-9-27(15)21-18-14-29-10-7-19(18)25-20(26-21)16-3-5-17(6-4-16)24-22(28)23-8-12-31-2/h3-6,15H,7-14H2,1-2H3,(H2,23,24,28). The van der Waals surface area contributed by atoms with Gasteiger partial charge in [-0.25, -0.2) is 14.8 Å². The van der Waals surface area contributed by atoms with E-state index in [1.165, 1.54) is 0 Å². The van der Waals surface area contributed by atoms with E-state index in [-0.39, 0.29) is 12.1 Å². The number of fused-ring (bicyclic) bond motifs is 1. The second-order valence-electron chi connectivity index (χ2n) is 7.67. The van der Waals surface area contributed by atoms with Crippen LogP contribution in [0.1, 0.15) is 18.2 Å². The van der Waals surface area contributed by atoms with Gasteiger partial charge in [0, 0.05) is 42.1 Å². The van der Waals surface area contributed by atoms with E-state index in [0.717, 1.165) is 47.0 Å². The van der Waals surface area contributed by atoms with Crippen LogP contribution in [0, 0.1) is 0 Å². The van der Waals surface area contributed by atoms with Crippen LogP contribution >= 0.6 is 11.8 Å².